The number of carbonyl (C=O) groups excluding carboxylic acids is 1. The lowest BCUT2D eigenvalue weighted by Crippen LogP contribution is -2.07. The minimum Gasteiger partial charge on any atom is -0.489 e. The highest BCUT2D eigenvalue weighted by Gasteiger charge is 2.02. The number of hydrogen-bond acceptors (Lipinski definition) is 4. The number of thiazole rings is 1. The number of hydrogen-bond donors (Lipinski definition) is 1. The largest absolute Gasteiger partial charge is 0.489 e. The molecule has 0 saturated carbocycles. The summed E-state index contributed by atoms with van der Waals surface area (Å²) in [4.78, 5) is 17.1. The molecule has 0 aliphatic rings. The standard InChI is InChI=1S/C20H18N2O2S/c1-15-13-21-20(25-15)22-19(23)11-10-16-8-5-9-18(12-16)24-14-17-6-3-2-4-7-17/h2-13H,14H2,1H3,(H,21,22,23)/b11-10+. The molecule has 2 aromatic carbocycles. The fourth-order valence-electron chi connectivity index (χ4n) is 2.18. The highest BCUT2D eigenvalue weighted by Crippen LogP contribution is 2.18. The summed E-state index contributed by atoms with van der Waals surface area (Å²) in [6, 6.07) is 17.6. The summed E-state index contributed by atoms with van der Waals surface area (Å²) >= 11 is 1.45. The molecule has 0 bridgehead atoms. The molecule has 1 heterocycles. The summed E-state index contributed by atoms with van der Waals surface area (Å²) in [5.41, 5.74) is 2.01. The molecule has 3 rings (SSSR count). The molecule has 0 aliphatic carbocycles. The molecule has 3 aromatic rings. The van der Waals surface area contributed by atoms with Crippen molar-refractivity contribution in [2.45, 2.75) is 13.5 Å². The van der Waals surface area contributed by atoms with E-state index in [2.05, 4.69) is 10.3 Å². The quantitative estimate of drug-likeness (QED) is 0.657. The normalized spacial score (nSPS) is 10.8. The van der Waals surface area contributed by atoms with E-state index in [1.165, 1.54) is 17.4 Å². The Kier molecular flexibility index (Phi) is 5.59. The number of anilines is 1. The zero-order chi connectivity index (χ0) is 17.5. The van der Waals surface area contributed by atoms with Crippen molar-refractivity contribution in [2.24, 2.45) is 0 Å². The first-order chi connectivity index (χ1) is 12.2. The monoisotopic (exact) mass is 350 g/mol. The summed E-state index contributed by atoms with van der Waals surface area (Å²) in [6.45, 7) is 2.46. The maximum Gasteiger partial charge on any atom is 0.250 e. The van der Waals surface area contributed by atoms with Crippen molar-refractivity contribution in [1.82, 2.24) is 4.98 Å². The van der Waals surface area contributed by atoms with Gasteiger partial charge in [0, 0.05) is 17.2 Å². The SMILES string of the molecule is Cc1cnc(NC(=O)/C=C/c2cccc(OCc3ccccc3)c2)s1. The summed E-state index contributed by atoms with van der Waals surface area (Å²) in [5, 5.41) is 3.35. The fraction of sp³-hybridized carbons (Fsp3) is 0.100. The van der Waals surface area contributed by atoms with Gasteiger partial charge in [-0.3, -0.25) is 10.1 Å². The van der Waals surface area contributed by atoms with Crippen molar-refractivity contribution < 1.29 is 9.53 Å². The van der Waals surface area contributed by atoms with E-state index in [9.17, 15) is 4.79 Å². The maximum absolute atomic E-state index is 11.9. The van der Waals surface area contributed by atoms with Crippen molar-refractivity contribution in [3.8, 4) is 5.75 Å². The third-order valence-electron chi connectivity index (χ3n) is 3.38. The lowest BCUT2D eigenvalue weighted by Gasteiger charge is -2.06. The summed E-state index contributed by atoms with van der Waals surface area (Å²) in [5.74, 6) is 0.562. The predicted octanol–water partition coefficient (Wildman–Crippen LogP) is 4.68. The van der Waals surface area contributed by atoms with E-state index in [0.29, 0.717) is 11.7 Å². The Morgan fingerprint density at radius 2 is 2.04 bits per heavy atom. The van der Waals surface area contributed by atoms with Crippen molar-refractivity contribution in [1.29, 1.82) is 0 Å². The van der Waals surface area contributed by atoms with Crippen LogP contribution in [0.25, 0.3) is 6.08 Å². The molecule has 4 nitrogen and oxygen atoms in total. The fourth-order valence-corrected chi connectivity index (χ4v) is 2.85. The zero-order valence-corrected chi connectivity index (χ0v) is 14.6. The third kappa shape index (κ3) is 5.29. The molecular weight excluding hydrogens is 332 g/mol. The predicted molar refractivity (Wildman–Crippen MR) is 102 cm³/mol. The first-order valence-corrected chi connectivity index (χ1v) is 8.69. The number of benzene rings is 2. The van der Waals surface area contributed by atoms with E-state index >= 15 is 0 Å². The van der Waals surface area contributed by atoms with E-state index in [0.717, 1.165) is 21.8 Å². The van der Waals surface area contributed by atoms with E-state index in [1.54, 1.807) is 12.3 Å². The van der Waals surface area contributed by atoms with Gasteiger partial charge in [-0.1, -0.05) is 42.5 Å². The lowest BCUT2D eigenvalue weighted by molar-refractivity contribution is -0.111. The summed E-state index contributed by atoms with van der Waals surface area (Å²) in [6.07, 6.45) is 4.98. The highest BCUT2D eigenvalue weighted by molar-refractivity contribution is 7.15. The van der Waals surface area contributed by atoms with Crippen LogP contribution in [-0.2, 0) is 11.4 Å². The molecular formula is C20H18N2O2S. The second-order valence-electron chi connectivity index (χ2n) is 5.45. The number of ether oxygens (including phenoxy) is 1. The summed E-state index contributed by atoms with van der Waals surface area (Å²) < 4.78 is 5.80. The molecule has 25 heavy (non-hydrogen) atoms. The Bertz CT molecular complexity index is 872. The van der Waals surface area contributed by atoms with Crippen LogP contribution >= 0.6 is 11.3 Å². The number of aromatic nitrogens is 1. The number of aryl methyl sites for hydroxylation is 1. The first-order valence-electron chi connectivity index (χ1n) is 7.87. The average molecular weight is 350 g/mol. The van der Waals surface area contributed by atoms with Crippen LogP contribution in [0, 0.1) is 6.92 Å². The second-order valence-corrected chi connectivity index (χ2v) is 6.68. The number of amides is 1. The van der Waals surface area contributed by atoms with Gasteiger partial charge in [0.1, 0.15) is 12.4 Å². The Morgan fingerprint density at radius 3 is 2.80 bits per heavy atom. The van der Waals surface area contributed by atoms with Crippen LogP contribution in [0.2, 0.25) is 0 Å². The molecule has 0 aliphatic heterocycles. The van der Waals surface area contributed by atoms with Crippen LogP contribution in [0.3, 0.4) is 0 Å². The Hall–Kier alpha value is -2.92. The molecule has 1 amide bonds. The van der Waals surface area contributed by atoms with Crippen molar-refractivity contribution in [3.05, 3.63) is 82.9 Å². The van der Waals surface area contributed by atoms with Crippen LogP contribution < -0.4 is 10.1 Å². The van der Waals surface area contributed by atoms with Gasteiger partial charge in [0.2, 0.25) is 5.91 Å². The minimum absolute atomic E-state index is 0.204. The van der Waals surface area contributed by atoms with Gasteiger partial charge in [-0.15, -0.1) is 11.3 Å². The molecule has 0 unspecified atom stereocenters. The van der Waals surface area contributed by atoms with Crippen molar-refractivity contribution in [3.63, 3.8) is 0 Å². The van der Waals surface area contributed by atoms with Crippen LogP contribution in [-0.4, -0.2) is 10.9 Å². The number of nitrogens with zero attached hydrogens (tertiary/aromatic N) is 1. The minimum atomic E-state index is -0.204. The molecule has 0 saturated heterocycles. The lowest BCUT2D eigenvalue weighted by atomic mass is 10.2. The summed E-state index contributed by atoms with van der Waals surface area (Å²) in [7, 11) is 0. The highest BCUT2D eigenvalue weighted by atomic mass is 32.1. The topological polar surface area (TPSA) is 51.2 Å². The zero-order valence-electron chi connectivity index (χ0n) is 13.8. The smallest absolute Gasteiger partial charge is 0.250 e. The Labute approximate surface area is 150 Å². The molecule has 0 atom stereocenters. The second kappa shape index (κ2) is 8.26. The number of rotatable bonds is 6. The molecule has 0 radical (unpaired) electrons. The van der Waals surface area contributed by atoms with Crippen LogP contribution in [0.15, 0.2) is 66.9 Å². The maximum atomic E-state index is 11.9. The Morgan fingerprint density at radius 1 is 1.20 bits per heavy atom. The van der Waals surface area contributed by atoms with Gasteiger partial charge in [0.15, 0.2) is 5.13 Å². The van der Waals surface area contributed by atoms with Crippen LogP contribution in [0.4, 0.5) is 5.13 Å². The molecule has 1 N–H and O–H groups in total. The van der Waals surface area contributed by atoms with Gasteiger partial charge in [-0.05, 0) is 36.3 Å². The average Bonchev–Trinajstić information content (AvgIpc) is 3.04. The van der Waals surface area contributed by atoms with Gasteiger partial charge < -0.3 is 4.74 Å². The van der Waals surface area contributed by atoms with Gasteiger partial charge >= 0.3 is 0 Å². The molecule has 1 aromatic heterocycles. The van der Waals surface area contributed by atoms with E-state index in [4.69, 9.17) is 4.74 Å². The third-order valence-corrected chi connectivity index (χ3v) is 4.21. The van der Waals surface area contributed by atoms with E-state index in [1.807, 2.05) is 61.5 Å². The van der Waals surface area contributed by atoms with Crippen LogP contribution in [0.1, 0.15) is 16.0 Å². The van der Waals surface area contributed by atoms with Gasteiger partial charge in [-0.25, -0.2) is 4.98 Å². The molecule has 5 heteroatoms. The molecule has 0 fully saturated rings. The van der Waals surface area contributed by atoms with Gasteiger partial charge in [0.05, 0.1) is 0 Å². The molecule has 126 valence electrons. The van der Waals surface area contributed by atoms with Gasteiger partial charge in [0.25, 0.3) is 0 Å². The first kappa shape index (κ1) is 16.9. The van der Waals surface area contributed by atoms with E-state index in [-0.39, 0.29) is 5.91 Å². The molecule has 0 spiro atoms. The van der Waals surface area contributed by atoms with E-state index < -0.39 is 0 Å². The van der Waals surface area contributed by atoms with Gasteiger partial charge in [-0.2, -0.15) is 0 Å². The van der Waals surface area contributed by atoms with Crippen molar-refractivity contribution in [2.75, 3.05) is 5.32 Å². The van der Waals surface area contributed by atoms with Crippen LogP contribution in [0.5, 0.6) is 5.75 Å². The number of carbonyl (C=O) groups is 1. The Balaban J connectivity index is 1.58. The number of nitrogens with one attached hydrogen (secondary N) is 1. The van der Waals surface area contributed by atoms with Crippen molar-refractivity contribution >= 4 is 28.5 Å².